The maximum absolute atomic E-state index is 11.8. The normalized spacial score (nSPS) is 10.2. The van der Waals surface area contributed by atoms with E-state index in [1.54, 1.807) is 0 Å². The van der Waals surface area contributed by atoms with Gasteiger partial charge in [0, 0.05) is 19.8 Å². The lowest BCUT2D eigenvalue weighted by molar-refractivity contribution is 0.0602. The van der Waals surface area contributed by atoms with Crippen LogP contribution < -0.4 is 11.1 Å². The van der Waals surface area contributed by atoms with Crippen molar-refractivity contribution in [1.29, 1.82) is 0 Å². The van der Waals surface area contributed by atoms with Crippen LogP contribution in [0.3, 0.4) is 0 Å². The van der Waals surface area contributed by atoms with E-state index in [-0.39, 0.29) is 16.1 Å². The van der Waals surface area contributed by atoms with Crippen LogP contribution in [-0.4, -0.2) is 45.9 Å². The minimum Gasteiger partial charge on any atom is -0.465 e. The first-order valence-corrected chi connectivity index (χ1v) is 7.28. The molecule has 0 unspecified atom stereocenters. The van der Waals surface area contributed by atoms with E-state index in [1.165, 1.54) is 14.2 Å². The number of anilines is 2. The summed E-state index contributed by atoms with van der Waals surface area (Å²) in [5.41, 5.74) is 6.09. The van der Waals surface area contributed by atoms with Gasteiger partial charge < -0.3 is 25.3 Å². The molecule has 21 heavy (non-hydrogen) atoms. The predicted octanol–water partition coefficient (Wildman–Crippen LogP) is 1.74. The number of esters is 2. The number of hydrogen-bond donors (Lipinski definition) is 2. The third-order valence-corrected chi connectivity index (χ3v) is 3.80. The van der Waals surface area contributed by atoms with Crippen molar-refractivity contribution in [3.05, 3.63) is 10.4 Å². The van der Waals surface area contributed by atoms with Crippen LogP contribution in [0.2, 0.25) is 0 Å². The fourth-order valence-corrected chi connectivity index (χ4v) is 2.69. The van der Waals surface area contributed by atoms with E-state index in [4.69, 9.17) is 15.2 Å². The molecule has 0 aliphatic rings. The van der Waals surface area contributed by atoms with E-state index in [1.807, 2.05) is 6.92 Å². The second-order valence-electron chi connectivity index (χ2n) is 4.01. The molecule has 7 nitrogen and oxygen atoms in total. The molecule has 1 heterocycles. The van der Waals surface area contributed by atoms with Crippen LogP contribution >= 0.6 is 11.3 Å². The van der Waals surface area contributed by atoms with Crippen molar-refractivity contribution in [2.45, 2.75) is 13.3 Å². The van der Waals surface area contributed by atoms with E-state index >= 15 is 0 Å². The number of rotatable bonds is 8. The summed E-state index contributed by atoms with van der Waals surface area (Å²) in [4.78, 5) is 23.6. The predicted molar refractivity (Wildman–Crippen MR) is 81.0 cm³/mol. The highest BCUT2D eigenvalue weighted by atomic mass is 32.1. The lowest BCUT2D eigenvalue weighted by atomic mass is 10.2. The first-order chi connectivity index (χ1) is 10.1. The SMILES string of the molecule is CCOCCCNc1sc(C(=O)OC)c(N)c1C(=O)OC. The van der Waals surface area contributed by atoms with Crippen LogP contribution in [0.5, 0.6) is 0 Å². The smallest absolute Gasteiger partial charge is 0.350 e. The number of hydrogen-bond acceptors (Lipinski definition) is 8. The van der Waals surface area contributed by atoms with E-state index in [2.05, 4.69) is 10.1 Å². The number of carbonyl (C=O) groups excluding carboxylic acids is 2. The van der Waals surface area contributed by atoms with Crippen LogP contribution in [0.25, 0.3) is 0 Å². The topological polar surface area (TPSA) is 99.9 Å². The molecule has 1 aromatic rings. The number of carbonyl (C=O) groups is 2. The van der Waals surface area contributed by atoms with Gasteiger partial charge in [-0.15, -0.1) is 11.3 Å². The Kier molecular flexibility index (Phi) is 6.97. The number of nitrogens with two attached hydrogens (primary N) is 1. The second kappa shape index (κ2) is 8.48. The van der Waals surface area contributed by atoms with E-state index in [9.17, 15) is 9.59 Å². The second-order valence-corrected chi connectivity index (χ2v) is 5.03. The molecular weight excluding hydrogens is 296 g/mol. The summed E-state index contributed by atoms with van der Waals surface area (Å²) in [6.07, 6.45) is 0.764. The fourth-order valence-electron chi connectivity index (χ4n) is 1.64. The molecular formula is C13H20N2O5S. The molecule has 0 amide bonds. The number of nitrogens with one attached hydrogen (secondary N) is 1. The molecule has 0 fully saturated rings. The maximum atomic E-state index is 11.8. The highest BCUT2D eigenvalue weighted by Gasteiger charge is 2.26. The molecule has 0 saturated heterocycles. The average Bonchev–Trinajstić information content (AvgIpc) is 2.82. The number of thiophene rings is 1. The molecule has 0 atom stereocenters. The highest BCUT2D eigenvalue weighted by Crippen LogP contribution is 2.36. The van der Waals surface area contributed by atoms with Crippen molar-refractivity contribution >= 4 is 34.0 Å². The van der Waals surface area contributed by atoms with Crippen LogP contribution in [0.15, 0.2) is 0 Å². The van der Waals surface area contributed by atoms with Gasteiger partial charge in [-0.2, -0.15) is 0 Å². The minimum absolute atomic E-state index is 0.0750. The summed E-state index contributed by atoms with van der Waals surface area (Å²) in [6.45, 7) is 3.78. The molecule has 118 valence electrons. The van der Waals surface area contributed by atoms with Gasteiger partial charge in [0.05, 0.1) is 19.9 Å². The van der Waals surface area contributed by atoms with Crippen LogP contribution in [0.1, 0.15) is 33.4 Å². The molecule has 0 aromatic carbocycles. The van der Waals surface area contributed by atoms with Crippen molar-refractivity contribution in [1.82, 2.24) is 0 Å². The first kappa shape index (κ1) is 17.3. The summed E-state index contributed by atoms with van der Waals surface area (Å²) in [7, 11) is 2.52. The lowest BCUT2D eigenvalue weighted by Crippen LogP contribution is -2.10. The molecule has 0 aliphatic heterocycles. The molecule has 1 rings (SSSR count). The van der Waals surface area contributed by atoms with Gasteiger partial charge in [0.1, 0.15) is 15.4 Å². The Hall–Kier alpha value is -1.80. The molecule has 0 bridgehead atoms. The zero-order valence-corrected chi connectivity index (χ0v) is 13.2. The van der Waals surface area contributed by atoms with Crippen molar-refractivity contribution in [3.63, 3.8) is 0 Å². The third-order valence-electron chi connectivity index (χ3n) is 2.66. The standard InChI is InChI=1S/C13H20N2O5S/c1-4-20-7-5-6-15-11-8(12(16)18-2)9(14)10(21-11)13(17)19-3/h15H,4-7,14H2,1-3H3. The largest absolute Gasteiger partial charge is 0.465 e. The zero-order chi connectivity index (χ0) is 15.8. The van der Waals surface area contributed by atoms with Crippen molar-refractivity contribution in [2.75, 3.05) is 45.0 Å². The van der Waals surface area contributed by atoms with Gasteiger partial charge in [0.25, 0.3) is 0 Å². The van der Waals surface area contributed by atoms with Gasteiger partial charge in [-0.25, -0.2) is 9.59 Å². The van der Waals surface area contributed by atoms with Gasteiger partial charge in [0.2, 0.25) is 0 Å². The average molecular weight is 316 g/mol. The van der Waals surface area contributed by atoms with Gasteiger partial charge in [-0.3, -0.25) is 0 Å². The Labute approximate surface area is 127 Å². The maximum Gasteiger partial charge on any atom is 0.350 e. The zero-order valence-electron chi connectivity index (χ0n) is 12.4. The highest BCUT2D eigenvalue weighted by molar-refractivity contribution is 7.19. The third kappa shape index (κ3) is 4.33. The Morgan fingerprint density at radius 1 is 1.24 bits per heavy atom. The Morgan fingerprint density at radius 2 is 1.90 bits per heavy atom. The van der Waals surface area contributed by atoms with Crippen LogP contribution in [0, 0.1) is 0 Å². The van der Waals surface area contributed by atoms with Gasteiger partial charge in [-0.1, -0.05) is 0 Å². The van der Waals surface area contributed by atoms with Gasteiger partial charge in [-0.05, 0) is 13.3 Å². The van der Waals surface area contributed by atoms with Crippen molar-refractivity contribution < 1.29 is 23.8 Å². The molecule has 0 spiro atoms. The van der Waals surface area contributed by atoms with E-state index in [0.29, 0.717) is 24.8 Å². The molecule has 0 radical (unpaired) electrons. The summed E-state index contributed by atoms with van der Waals surface area (Å²) >= 11 is 1.07. The first-order valence-electron chi connectivity index (χ1n) is 6.47. The molecule has 0 aliphatic carbocycles. The van der Waals surface area contributed by atoms with E-state index in [0.717, 1.165) is 17.8 Å². The summed E-state index contributed by atoms with van der Waals surface area (Å²) in [6, 6.07) is 0. The number of methoxy groups -OCH3 is 2. The molecule has 3 N–H and O–H groups in total. The number of ether oxygens (including phenoxy) is 3. The van der Waals surface area contributed by atoms with Crippen LogP contribution in [-0.2, 0) is 14.2 Å². The number of nitrogen functional groups attached to an aromatic ring is 1. The van der Waals surface area contributed by atoms with Crippen LogP contribution in [0.4, 0.5) is 10.7 Å². The van der Waals surface area contributed by atoms with Crippen molar-refractivity contribution in [2.24, 2.45) is 0 Å². The summed E-state index contributed by atoms with van der Waals surface area (Å²) in [5, 5.41) is 3.57. The Morgan fingerprint density at radius 3 is 2.48 bits per heavy atom. The Bertz CT molecular complexity index is 501. The molecule has 0 saturated carbocycles. The van der Waals surface area contributed by atoms with Gasteiger partial charge in [0.15, 0.2) is 0 Å². The summed E-state index contributed by atoms with van der Waals surface area (Å²) in [5.74, 6) is -1.17. The monoisotopic (exact) mass is 316 g/mol. The van der Waals surface area contributed by atoms with Gasteiger partial charge >= 0.3 is 11.9 Å². The Balaban J connectivity index is 2.90. The summed E-state index contributed by atoms with van der Waals surface area (Å²) < 4.78 is 14.6. The quantitative estimate of drug-likeness (QED) is 0.556. The van der Waals surface area contributed by atoms with E-state index < -0.39 is 11.9 Å². The fraction of sp³-hybridized carbons (Fsp3) is 0.538. The molecule has 8 heteroatoms. The molecule has 1 aromatic heterocycles. The minimum atomic E-state index is -0.591. The lowest BCUT2D eigenvalue weighted by Gasteiger charge is -2.06. The van der Waals surface area contributed by atoms with Crippen molar-refractivity contribution in [3.8, 4) is 0 Å².